The maximum atomic E-state index is 10.5. The van der Waals surface area contributed by atoms with E-state index in [0.29, 0.717) is 0 Å². The van der Waals surface area contributed by atoms with Crippen LogP contribution in [0.3, 0.4) is 0 Å². The second-order valence-electron chi connectivity index (χ2n) is 2.94. The molecule has 5 nitrogen and oxygen atoms in total. The topological polar surface area (TPSA) is 83.6 Å². The van der Waals surface area contributed by atoms with Crippen molar-refractivity contribution in [3.63, 3.8) is 0 Å². The molecule has 0 bridgehead atoms. The molecule has 0 unspecified atom stereocenters. The quantitative estimate of drug-likeness (QED) is 0.446. The zero-order valence-corrected chi connectivity index (χ0v) is 8.02. The summed E-state index contributed by atoms with van der Waals surface area (Å²) in [7, 11) is 0. The highest BCUT2D eigenvalue weighted by atomic mass is 35.5. The summed E-state index contributed by atoms with van der Waals surface area (Å²) in [5, 5.41) is 28.8. The van der Waals surface area contributed by atoms with Crippen molar-refractivity contribution in [3.8, 4) is 0 Å². The minimum atomic E-state index is -2.10. The molecule has 14 heavy (non-hydrogen) atoms. The fourth-order valence-corrected chi connectivity index (χ4v) is 1.13. The Bertz CT molecular complexity index is 372. The molecule has 0 saturated carbocycles. The summed E-state index contributed by atoms with van der Waals surface area (Å²) in [4.78, 5) is 9.78. The lowest BCUT2D eigenvalue weighted by molar-refractivity contribution is -0.385. The molecule has 0 heterocycles. The van der Waals surface area contributed by atoms with Crippen molar-refractivity contribution >= 4 is 17.3 Å². The van der Waals surface area contributed by atoms with Crippen molar-refractivity contribution in [3.05, 3.63) is 38.9 Å². The number of nitro groups is 1. The lowest BCUT2D eigenvalue weighted by atomic mass is 10.1. The average Bonchev–Trinajstić information content (AvgIpc) is 2.02. The lowest BCUT2D eigenvalue weighted by Gasteiger charge is -2.15. The highest BCUT2D eigenvalue weighted by Crippen LogP contribution is 2.28. The van der Waals surface area contributed by atoms with Crippen molar-refractivity contribution in [1.29, 1.82) is 0 Å². The first-order valence-electron chi connectivity index (χ1n) is 3.71. The fraction of sp³-hybridized carbons (Fsp3) is 0.250. The Morgan fingerprint density at radius 1 is 1.50 bits per heavy atom. The van der Waals surface area contributed by atoms with Crippen molar-refractivity contribution in [1.82, 2.24) is 0 Å². The minimum absolute atomic E-state index is 0.0219. The van der Waals surface area contributed by atoms with Crippen LogP contribution in [0.1, 0.15) is 12.5 Å². The highest BCUT2D eigenvalue weighted by Gasteiger charge is 2.22. The minimum Gasteiger partial charge on any atom is -0.362 e. The van der Waals surface area contributed by atoms with Gasteiger partial charge in [0.1, 0.15) is 5.02 Å². The zero-order chi connectivity index (χ0) is 10.9. The predicted molar refractivity (Wildman–Crippen MR) is 49.9 cm³/mol. The Hall–Kier alpha value is -1.17. The summed E-state index contributed by atoms with van der Waals surface area (Å²) in [5.74, 6) is -2.10. The first-order chi connectivity index (χ1) is 6.32. The van der Waals surface area contributed by atoms with Gasteiger partial charge in [0, 0.05) is 11.6 Å². The van der Waals surface area contributed by atoms with Gasteiger partial charge in [0.05, 0.1) is 4.92 Å². The molecule has 0 aromatic heterocycles. The van der Waals surface area contributed by atoms with Crippen LogP contribution < -0.4 is 0 Å². The molecule has 2 N–H and O–H groups in total. The van der Waals surface area contributed by atoms with E-state index in [1.54, 1.807) is 0 Å². The molecule has 0 radical (unpaired) electrons. The first kappa shape index (κ1) is 10.9. The van der Waals surface area contributed by atoms with E-state index in [1.165, 1.54) is 12.1 Å². The van der Waals surface area contributed by atoms with Crippen LogP contribution in [-0.2, 0) is 5.79 Å². The van der Waals surface area contributed by atoms with E-state index in [-0.39, 0.29) is 16.3 Å². The first-order valence-corrected chi connectivity index (χ1v) is 4.09. The van der Waals surface area contributed by atoms with Gasteiger partial charge in [0.15, 0.2) is 5.79 Å². The van der Waals surface area contributed by atoms with Crippen LogP contribution in [0.25, 0.3) is 0 Å². The van der Waals surface area contributed by atoms with E-state index in [0.717, 1.165) is 13.0 Å². The summed E-state index contributed by atoms with van der Waals surface area (Å²) in [6.07, 6.45) is 0. The standard InChI is InChI=1S/C8H8ClNO4/c1-8(11,12)5-2-3-6(9)7(4-5)10(13)14/h2-4,11-12H,1H3. The van der Waals surface area contributed by atoms with Gasteiger partial charge in [-0.25, -0.2) is 0 Å². The summed E-state index contributed by atoms with van der Waals surface area (Å²) in [6.45, 7) is 1.11. The highest BCUT2D eigenvalue weighted by molar-refractivity contribution is 6.32. The van der Waals surface area contributed by atoms with Gasteiger partial charge in [-0.2, -0.15) is 0 Å². The average molecular weight is 218 g/mol. The Kier molecular flexibility index (Phi) is 2.75. The van der Waals surface area contributed by atoms with Crippen LogP contribution in [-0.4, -0.2) is 15.1 Å². The maximum absolute atomic E-state index is 10.5. The molecule has 0 aliphatic carbocycles. The van der Waals surface area contributed by atoms with Crippen LogP contribution in [0.2, 0.25) is 5.02 Å². The van der Waals surface area contributed by atoms with E-state index in [9.17, 15) is 20.3 Å². The summed E-state index contributed by atoms with van der Waals surface area (Å²) in [6, 6.07) is 3.59. The SMILES string of the molecule is CC(O)(O)c1ccc(Cl)c([N+](=O)[O-])c1. The van der Waals surface area contributed by atoms with Gasteiger partial charge in [-0.05, 0) is 13.0 Å². The van der Waals surface area contributed by atoms with Gasteiger partial charge >= 0.3 is 0 Å². The third-order valence-electron chi connectivity index (χ3n) is 1.69. The Balaban J connectivity index is 3.27. The second kappa shape index (κ2) is 3.53. The third-order valence-corrected chi connectivity index (χ3v) is 2.01. The molecule has 0 saturated heterocycles. The maximum Gasteiger partial charge on any atom is 0.288 e. The molecular weight excluding hydrogens is 210 g/mol. The van der Waals surface area contributed by atoms with Crippen LogP contribution in [0.4, 0.5) is 5.69 Å². The molecule has 0 aliphatic rings. The van der Waals surface area contributed by atoms with Gasteiger partial charge in [-0.1, -0.05) is 17.7 Å². The molecule has 0 fully saturated rings. The molecule has 76 valence electrons. The van der Waals surface area contributed by atoms with Gasteiger partial charge in [-0.15, -0.1) is 0 Å². The van der Waals surface area contributed by atoms with E-state index in [1.807, 2.05) is 0 Å². The van der Waals surface area contributed by atoms with Crippen molar-refractivity contribution in [2.75, 3.05) is 0 Å². The Morgan fingerprint density at radius 2 is 2.07 bits per heavy atom. The normalized spacial score (nSPS) is 11.4. The monoisotopic (exact) mass is 217 g/mol. The van der Waals surface area contributed by atoms with E-state index in [4.69, 9.17) is 11.6 Å². The third kappa shape index (κ3) is 2.20. The van der Waals surface area contributed by atoms with Crippen LogP contribution >= 0.6 is 11.6 Å². The number of nitro benzene ring substituents is 1. The molecule has 0 atom stereocenters. The van der Waals surface area contributed by atoms with Crippen LogP contribution in [0, 0.1) is 10.1 Å². The number of rotatable bonds is 2. The summed E-state index contributed by atoms with van der Waals surface area (Å²) in [5.41, 5.74) is -0.327. The summed E-state index contributed by atoms with van der Waals surface area (Å²) < 4.78 is 0. The lowest BCUT2D eigenvalue weighted by Crippen LogP contribution is -2.19. The molecule has 0 aliphatic heterocycles. The number of hydrogen-bond donors (Lipinski definition) is 2. The van der Waals surface area contributed by atoms with Crippen molar-refractivity contribution in [2.24, 2.45) is 0 Å². The fourth-order valence-electron chi connectivity index (χ4n) is 0.947. The molecule has 1 aromatic carbocycles. The largest absolute Gasteiger partial charge is 0.362 e. The van der Waals surface area contributed by atoms with Gasteiger partial charge in [0.2, 0.25) is 0 Å². The van der Waals surface area contributed by atoms with Gasteiger partial charge in [-0.3, -0.25) is 10.1 Å². The van der Waals surface area contributed by atoms with E-state index < -0.39 is 10.7 Å². The number of hydrogen-bond acceptors (Lipinski definition) is 4. The number of aliphatic hydroxyl groups is 2. The molecule has 0 amide bonds. The van der Waals surface area contributed by atoms with Crippen LogP contribution in [0.5, 0.6) is 0 Å². The van der Waals surface area contributed by atoms with Crippen LogP contribution in [0.15, 0.2) is 18.2 Å². The summed E-state index contributed by atoms with van der Waals surface area (Å²) >= 11 is 5.54. The Morgan fingerprint density at radius 3 is 2.50 bits per heavy atom. The van der Waals surface area contributed by atoms with Crippen molar-refractivity contribution < 1.29 is 15.1 Å². The van der Waals surface area contributed by atoms with Gasteiger partial charge in [0.25, 0.3) is 5.69 Å². The zero-order valence-electron chi connectivity index (χ0n) is 7.27. The molecule has 1 rings (SSSR count). The molecule has 0 spiro atoms. The number of nitrogens with zero attached hydrogens (tertiary/aromatic N) is 1. The van der Waals surface area contributed by atoms with E-state index >= 15 is 0 Å². The van der Waals surface area contributed by atoms with E-state index in [2.05, 4.69) is 0 Å². The predicted octanol–water partition coefficient (Wildman–Crippen LogP) is 1.41. The second-order valence-corrected chi connectivity index (χ2v) is 3.35. The number of halogens is 1. The number of benzene rings is 1. The molecular formula is C8H8ClNO4. The van der Waals surface area contributed by atoms with Gasteiger partial charge < -0.3 is 10.2 Å². The molecule has 1 aromatic rings. The molecule has 6 heteroatoms. The Labute approximate surface area is 84.7 Å². The smallest absolute Gasteiger partial charge is 0.288 e. The van der Waals surface area contributed by atoms with Crippen molar-refractivity contribution in [2.45, 2.75) is 12.7 Å².